The first-order valence-corrected chi connectivity index (χ1v) is 7.58. The lowest BCUT2D eigenvalue weighted by Gasteiger charge is -2.22. The van der Waals surface area contributed by atoms with Crippen LogP contribution in [0, 0.1) is 0 Å². The van der Waals surface area contributed by atoms with Crippen LogP contribution in [-0.2, 0) is 13.0 Å². The molecular formula is C18H16Cl2N2. The molecule has 3 aromatic rings. The fraction of sp³-hybridized carbons (Fsp3) is 0.167. The van der Waals surface area contributed by atoms with Gasteiger partial charge < -0.3 is 5.32 Å². The summed E-state index contributed by atoms with van der Waals surface area (Å²) in [5.74, 6) is 0. The van der Waals surface area contributed by atoms with Crippen LogP contribution in [0.25, 0.3) is 22.0 Å². The van der Waals surface area contributed by atoms with Crippen molar-refractivity contribution in [3.63, 3.8) is 0 Å². The van der Waals surface area contributed by atoms with Crippen molar-refractivity contribution in [1.29, 1.82) is 0 Å². The number of halogens is 2. The van der Waals surface area contributed by atoms with Gasteiger partial charge in [-0.3, -0.25) is 4.98 Å². The molecule has 0 unspecified atom stereocenters. The Labute approximate surface area is 140 Å². The number of aromatic nitrogens is 1. The van der Waals surface area contributed by atoms with Gasteiger partial charge in [0, 0.05) is 35.6 Å². The third-order valence-corrected chi connectivity index (χ3v) is 4.27. The lowest BCUT2D eigenvalue weighted by atomic mass is 9.92. The minimum atomic E-state index is 0. The molecule has 0 bridgehead atoms. The molecule has 4 rings (SSSR count). The first kappa shape index (κ1) is 15.3. The van der Waals surface area contributed by atoms with Crippen LogP contribution in [0.15, 0.2) is 48.5 Å². The Kier molecular flexibility index (Phi) is 4.34. The predicted molar refractivity (Wildman–Crippen MR) is 94.8 cm³/mol. The van der Waals surface area contributed by atoms with E-state index >= 15 is 0 Å². The molecule has 2 heterocycles. The van der Waals surface area contributed by atoms with E-state index in [0.717, 1.165) is 35.4 Å². The predicted octanol–water partition coefficient (Wildman–Crippen LogP) is 4.62. The van der Waals surface area contributed by atoms with Crippen molar-refractivity contribution in [1.82, 2.24) is 10.3 Å². The molecule has 0 saturated heterocycles. The van der Waals surface area contributed by atoms with E-state index in [1.165, 1.54) is 22.4 Å². The molecule has 1 aromatic heterocycles. The molecule has 0 fully saturated rings. The van der Waals surface area contributed by atoms with Gasteiger partial charge in [0.05, 0.1) is 5.52 Å². The van der Waals surface area contributed by atoms with Crippen LogP contribution in [0.5, 0.6) is 0 Å². The molecule has 112 valence electrons. The van der Waals surface area contributed by atoms with Gasteiger partial charge in [-0.05, 0) is 34.9 Å². The Morgan fingerprint density at radius 3 is 2.68 bits per heavy atom. The zero-order valence-corrected chi connectivity index (χ0v) is 13.5. The Balaban J connectivity index is 0.00000144. The maximum atomic E-state index is 6.22. The van der Waals surface area contributed by atoms with Crippen molar-refractivity contribution in [2.45, 2.75) is 13.0 Å². The molecule has 0 saturated carbocycles. The molecule has 1 aliphatic rings. The zero-order chi connectivity index (χ0) is 14.2. The van der Waals surface area contributed by atoms with E-state index in [0.29, 0.717) is 0 Å². The lowest BCUT2D eigenvalue weighted by molar-refractivity contribution is 0.634. The van der Waals surface area contributed by atoms with Gasteiger partial charge in [0.25, 0.3) is 0 Å². The average molecular weight is 331 g/mol. The van der Waals surface area contributed by atoms with Crippen molar-refractivity contribution < 1.29 is 0 Å². The van der Waals surface area contributed by atoms with E-state index in [2.05, 4.69) is 29.6 Å². The first-order valence-electron chi connectivity index (χ1n) is 7.20. The maximum absolute atomic E-state index is 6.22. The molecule has 1 aliphatic heterocycles. The van der Waals surface area contributed by atoms with E-state index in [-0.39, 0.29) is 12.4 Å². The Bertz CT molecular complexity index is 816. The fourth-order valence-electron chi connectivity index (χ4n) is 3.08. The highest BCUT2D eigenvalue weighted by molar-refractivity contribution is 6.31. The highest BCUT2D eigenvalue weighted by Gasteiger charge is 2.18. The van der Waals surface area contributed by atoms with Crippen molar-refractivity contribution in [2.75, 3.05) is 6.54 Å². The van der Waals surface area contributed by atoms with E-state index in [1.54, 1.807) is 0 Å². The number of fused-ring (bicyclic) bond motifs is 2. The van der Waals surface area contributed by atoms with Crippen LogP contribution in [0.2, 0.25) is 5.02 Å². The van der Waals surface area contributed by atoms with Crippen molar-refractivity contribution in [3.05, 3.63) is 64.8 Å². The Morgan fingerprint density at radius 1 is 1.05 bits per heavy atom. The number of hydrogen-bond acceptors (Lipinski definition) is 2. The number of rotatable bonds is 1. The highest BCUT2D eigenvalue weighted by Crippen LogP contribution is 2.35. The number of pyridine rings is 1. The van der Waals surface area contributed by atoms with Gasteiger partial charge in [-0.25, -0.2) is 0 Å². The third-order valence-electron chi connectivity index (χ3n) is 4.04. The second-order valence-corrected chi connectivity index (χ2v) is 5.80. The summed E-state index contributed by atoms with van der Waals surface area (Å²) in [5, 5.41) is 5.35. The topological polar surface area (TPSA) is 24.9 Å². The number of nitrogens with one attached hydrogen (secondary N) is 1. The summed E-state index contributed by atoms with van der Waals surface area (Å²) >= 11 is 6.22. The summed E-state index contributed by atoms with van der Waals surface area (Å²) in [6, 6.07) is 16.5. The summed E-state index contributed by atoms with van der Waals surface area (Å²) in [7, 11) is 0. The Hall–Kier alpha value is -1.61. The third kappa shape index (κ3) is 2.58. The van der Waals surface area contributed by atoms with E-state index in [4.69, 9.17) is 16.6 Å². The van der Waals surface area contributed by atoms with Crippen LogP contribution in [-0.4, -0.2) is 11.5 Å². The van der Waals surface area contributed by atoms with Gasteiger partial charge in [-0.1, -0.05) is 41.9 Å². The van der Waals surface area contributed by atoms with E-state index in [9.17, 15) is 0 Å². The molecular weight excluding hydrogens is 315 g/mol. The van der Waals surface area contributed by atoms with Gasteiger partial charge in [0.15, 0.2) is 0 Å². The maximum Gasteiger partial charge on any atom is 0.0712 e. The molecule has 0 spiro atoms. The summed E-state index contributed by atoms with van der Waals surface area (Å²) in [4.78, 5) is 4.84. The van der Waals surface area contributed by atoms with E-state index < -0.39 is 0 Å². The van der Waals surface area contributed by atoms with Gasteiger partial charge in [-0.2, -0.15) is 0 Å². The second kappa shape index (κ2) is 6.25. The summed E-state index contributed by atoms with van der Waals surface area (Å²) < 4.78 is 0. The van der Waals surface area contributed by atoms with Crippen LogP contribution < -0.4 is 5.32 Å². The molecule has 0 radical (unpaired) electrons. The first-order chi connectivity index (χ1) is 10.3. The quantitative estimate of drug-likeness (QED) is 0.704. The minimum absolute atomic E-state index is 0. The van der Waals surface area contributed by atoms with Gasteiger partial charge in [-0.15, -0.1) is 12.4 Å². The van der Waals surface area contributed by atoms with Crippen molar-refractivity contribution >= 4 is 34.9 Å². The van der Waals surface area contributed by atoms with Crippen LogP contribution in [0.1, 0.15) is 11.3 Å². The number of nitrogens with zero attached hydrogens (tertiary/aromatic N) is 1. The SMILES string of the molecule is Cl.Clc1ccc2nc3c(c(-c4ccccc4)c2c1)CNCC3. The smallest absolute Gasteiger partial charge is 0.0712 e. The Morgan fingerprint density at radius 2 is 1.86 bits per heavy atom. The molecule has 22 heavy (non-hydrogen) atoms. The largest absolute Gasteiger partial charge is 0.312 e. The normalized spacial score (nSPS) is 13.5. The fourth-order valence-corrected chi connectivity index (χ4v) is 3.25. The van der Waals surface area contributed by atoms with Crippen molar-refractivity contribution in [3.8, 4) is 11.1 Å². The standard InChI is InChI=1S/C18H15ClN2.ClH/c19-13-6-7-16-14(10-13)18(12-4-2-1-3-5-12)15-11-20-9-8-17(15)21-16;/h1-7,10,20H,8-9,11H2;1H. The molecule has 2 aromatic carbocycles. The summed E-state index contributed by atoms with van der Waals surface area (Å²) in [5.41, 5.74) is 6.04. The number of benzene rings is 2. The molecule has 2 nitrogen and oxygen atoms in total. The molecule has 0 aliphatic carbocycles. The average Bonchev–Trinajstić information content (AvgIpc) is 2.53. The second-order valence-electron chi connectivity index (χ2n) is 5.37. The highest BCUT2D eigenvalue weighted by atomic mass is 35.5. The minimum Gasteiger partial charge on any atom is -0.312 e. The lowest BCUT2D eigenvalue weighted by Crippen LogP contribution is -2.25. The van der Waals surface area contributed by atoms with Crippen LogP contribution in [0.3, 0.4) is 0 Å². The summed E-state index contributed by atoms with van der Waals surface area (Å²) in [6.45, 7) is 1.86. The molecule has 0 amide bonds. The van der Waals surface area contributed by atoms with Crippen LogP contribution in [0.4, 0.5) is 0 Å². The molecule has 4 heteroatoms. The van der Waals surface area contributed by atoms with Gasteiger partial charge in [0.1, 0.15) is 0 Å². The monoisotopic (exact) mass is 330 g/mol. The zero-order valence-electron chi connectivity index (χ0n) is 12.0. The van der Waals surface area contributed by atoms with Gasteiger partial charge in [0.2, 0.25) is 0 Å². The van der Waals surface area contributed by atoms with Gasteiger partial charge >= 0.3 is 0 Å². The van der Waals surface area contributed by atoms with Crippen LogP contribution >= 0.6 is 24.0 Å². The van der Waals surface area contributed by atoms with Crippen molar-refractivity contribution in [2.24, 2.45) is 0 Å². The van der Waals surface area contributed by atoms with E-state index in [1.807, 2.05) is 24.3 Å². The molecule has 0 atom stereocenters. The summed E-state index contributed by atoms with van der Waals surface area (Å²) in [6.07, 6.45) is 0.980. The molecule has 1 N–H and O–H groups in total. The number of hydrogen-bond donors (Lipinski definition) is 1.